The smallest absolute Gasteiger partial charge is 0.0622 e. The molecule has 2 aliphatic rings. The number of hydrogen-bond acceptors (Lipinski definition) is 2. The standard InChI is InChI=1S/C10H19NO/c1-8(2)11-9-4-3-5-10(11)7-12-6-9/h8-10H,3-7H2,1-2H3. The van der Waals surface area contributed by atoms with Gasteiger partial charge in [-0.15, -0.1) is 0 Å². The van der Waals surface area contributed by atoms with Crippen molar-refractivity contribution in [1.29, 1.82) is 0 Å². The highest BCUT2D eigenvalue weighted by molar-refractivity contribution is 4.89. The maximum absolute atomic E-state index is 5.58. The van der Waals surface area contributed by atoms with Crippen LogP contribution >= 0.6 is 0 Å². The number of ether oxygens (including phenoxy) is 1. The summed E-state index contributed by atoms with van der Waals surface area (Å²) in [5.41, 5.74) is 0. The first-order valence-corrected chi connectivity index (χ1v) is 5.14. The van der Waals surface area contributed by atoms with Gasteiger partial charge in [0.1, 0.15) is 0 Å². The van der Waals surface area contributed by atoms with Gasteiger partial charge in [-0.05, 0) is 26.7 Å². The Morgan fingerprint density at radius 1 is 1.17 bits per heavy atom. The van der Waals surface area contributed by atoms with E-state index in [-0.39, 0.29) is 0 Å². The number of nitrogens with zero attached hydrogens (tertiary/aromatic N) is 1. The summed E-state index contributed by atoms with van der Waals surface area (Å²) in [5, 5.41) is 0. The minimum absolute atomic E-state index is 0.698. The fourth-order valence-corrected chi connectivity index (χ4v) is 2.71. The molecule has 0 N–H and O–H groups in total. The van der Waals surface area contributed by atoms with Gasteiger partial charge in [-0.3, -0.25) is 4.90 Å². The molecule has 0 spiro atoms. The lowest BCUT2D eigenvalue weighted by Gasteiger charge is -2.48. The van der Waals surface area contributed by atoms with Crippen molar-refractivity contribution in [3.05, 3.63) is 0 Å². The third kappa shape index (κ3) is 1.38. The normalized spacial score (nSPS) is 37.2. The van der Waals surface area contributed by atoms with E-state index >= 15 is 0 Å². The topological polar surface area (TPSA) is 12.5 Å². The summed E-state index contributed by atoms with van der Waals surface area (Å²) >= 11 is 0. The molecular weight excluding hydrogens is 150 g/mol. The van der Waals surface area contributed by atoms with Crippen molar-refractivity contribution in [2.24, 2.45) is 0 Å². The van der Waals surface area contributed by atoms with Gasteiger partial charge < -0.3 is 4.74 Å². The van der Waals surface area contributed by atoms with E-state index in [1.54, 1.807) is 0 Å². The van der Waals surface area contributed by atoms with Crippen molar-refractivity contribution in [3.63, 3.8) is 0 Å². The predicted octanol–water partition coefficient (Wildman–Crippen LogP) is 1.65. The Morgan fingerprint density at radius 3 is 2.17 bits per heavy atom. The molecule has 0 aliphatic carbocycles. The van der Waals surface area contributed by atoms with Crippen molar-refractivity contribution in [3.8, 4) is 0 Å². The summed E-state index contributed by atoms with van der Waals surface area (Å²) in [6, 6.07) is 2.14. The highest BCUT2D eigenvalue weighted by atomic mass is 16.5. The highest BCUT2D eigenvalue weighted by Crippen LogP contribution is 2.28. The first kappa shape index (κ1) is 8.52. The van der Waals surface area contributed by atoms with Crippen LogP contribution in [-0.2, 0) is 4.74 Å². The zero-order chi connectivity index (χ0) is 8.55. The lowest BCUT2D eigenvalue weighted by Crippen LogP contribution is -2.57. The summed E-state index contributed by atoms with van der Waals surface area (Å²) in [6.45, 7) is 6.54. The second-order valence-corrected chi connectivity index (χ2v) is 4.32. The molecule has 0 amide bonds. The Bertz CT molecular complexity index is 136. The molecule has 0 radical (unpaired) electrons. The molecule has 2 bridgehead atoms. The number of rotatable bonds is 1. The second kappa shape index (κ2) is 3.35. The predicted molar refractivity (Wildman–Crippen MR) is 49.2 cm³/mol. The van der Waals surface area contributed by atoms with Gasteiger partial charge in [0, 0.05) is 18.1 Å². The molecule has 12 heavy (non-hydrogen) atoms. The molecule has 2 heterocycles. The Kier molecular flexibility index (Phi) is 2.37. The Morgan fingerprint density at radius 2 is 1.75 bits per heavy atom. The van der Waals surface area contributed by atoms with E-state index < -0.39 is 0 Å². The van der Waals surface area contributed by atoms with Crippen LogP contribution in [0.3, 0.4) is 0 Å². The van der Waals surface area contributed by atoms with Crippen LogP contribution in [0.15, 0.2) is 0 Å². The first-order chi connectivity index (χ1) is 5.79. The molecular formula is C10H19NO. The molecule has 0 aromatic rings. The van der Waals surface area contributed by atoms with E-state index in [1.165, 1.54) is 19.3 Å². The molecule has 70 valence electrons. The molecule has 0 aromatic heterocycles. The maximum atomic E-state index is 5.58. The molecule has 0 saturated carbocycles. The van der Waals surface area contributed by atoms with Gasteiger partial charge in [-0.25, -0.2) is 0 Å². The van der Waals surface area contributed by atoms with Crippen LogP contribution in [0.2, 0.25) is 0 Å². The van der Waals surface area contributed by atoms with Gasteiger partial charge in [0.15, 0.2) is 0 Å². The van der Waals surface area contributed by atoms with E-state index in [0.29, 0.717) is 6.04 Å². The molecule has 2 fully saturated rings. The minimum atomic E-state index is 0.698. The van der Waals surface area contributed by atoms with Crippen LogP contribution in [0.25, 0.3) is 0 Å². The summed E-state index contributed by atoms with van der Waals surface area (Å²) in [7, 11) is 0. The van der Waals surface area contributed by atoms with Crippen molar-refractivity contribution >= 4 is 0 Å². The average molecular weight is 169 g/mol. The second-order valence-electron chi connectivity index (χ2n) is 4.32. The molecule has 2 saturated heterocycles. The van der Waals surface area contributed by atoms with Crippen LogP contribution in [-0.4, -0.2) is 36.2 Å². The van der Waals surface area contributed by atoms with Crippen LogP contribution in [0.1, 0.15) is 33.1 Å². The summed E-state index contributed by atoms with van der Waals surface area (Å²) < 4.78 is 5.58. The minimum Gasteiger partial charge on any atom is -0.378 e. The van der Waals surface area contributed by atoms with Crippen molar-refractivity contribution in [2.45, 2.75) is 51.2 Å². The average Bonchev–Trinajstić information content (AvgIpc) is 2.02. The SMILES string of the molecule is CC(C)N1C2CCCC1COC2. The van der Waals surface area contributed by atoms with Crippen molar-refractivity contribution in [1.82, 2.24) is 4.90 Å². The molecule has 2 aliphatic heterocycles. The van der Waals surface area contributed by atoms with Gasteiger partial charge >= 0.3 is 0 Å². The van der Waals surface area contributed by atoms with E-state index in [0.717, 1.165) is 25.3 Å². The summed E-state index contributed by atoms with van der Waals surface area (Å²) in [6.07, 6.45) is 4.09. The van der Waals surface area contributed by atoms with Gasteiger partial charge in [-0.2, -0.15) is 0 Å². The van der Waals surface area contributed by atoms with E-state index in [2.05, 4.69) is 18.7 Å². The van der Waals surface area contributed by atoms with Gasteiger partial charge in [-0.1, -0.05) is 6.42 Å². The van der Waals surface area contributed by atoms with Crippen LogP contribution in [0.4, 0.5) is 0 Å². The fourth-order valence-electron chi connectivity index (χ4n) is 2.71. The molecule has 2 unspecified atom stereocenters. The monoisotopic (exact) mass is 169 g/mol. The van der Waals surface area contributed by atoms with Crippen LogP contribution in [0, 0.1) is 0 Å². The number of piperidine rings is 1. The highest BCUT2D eigenvalue weighted by Gasteiger charge is 2.35. The maximum Gasteiger partial charge on any atom is 0.0622 e. The zero-order valence-electron chi connectivity index (χ0n) is 8.12. The lowest BCUT2D eigenvalue weighted by atomic mass is 9.93. The van der Waals surface area contributed by atoms with Gasteiger partial charge in [0.2, 0.25) is 0 Å². The number of hydrogen-bond donors (Lipinski definition) is 0. The quantitative estimate of drug-likeness (QED) is 0.592. The zero-order valence-corrected chi connectivity index (χ0v) is 8.12. The summed E-state index contributed by atoms with van der Waals surface area (Å²) in [5.74, 6) is 0. The third-order valence-electron chi connectivity index (χ3n) is 3.13. The van der Waals surface area contributed by atoms with Gasteiger partial charge in [0.05, 0.1) is 13.2 Å². The lowest BCUT2D eigenvalue weighted by molar-refractivity contribution is -0.0871. The van der Waals surface area contributed by atoms with Crippen molar-refractivity contribution in [2.75, 3.05) is 13.2 Å². The van der Waals surface area contributed by atoms with Crippen LogP contribution in [0.5, 0.6) is 0 Å². The van der Waals surface area contributed by atoms with E-state index in [9.17, 15) is 0 Å². The largest absolute Gasteiger partial charge is 0.378 e. The fraction of sp³-hybridized carbons (Fsp3) is 1.00. The van der Waals surface area contributed by atoms with Gasteiger partial charge in [0.25, 0.3) is 0 Å². The molecule has 2 rings (SSSR count). The molecule has 0 aromatic carbocycles. The number of fused-ring (bicyclic) bond motifs is 2. The summed E-state index contributed by atoms with van der Waals surface area (Å²) in [4.78, 5) is 2.66. The molecule has 2 atom stereocenters. The Labute approximate surface area is 74.9 Å². The third-order valence-corrected chi connectivity index (χ3v) is 3.13. The Hall–Kier alpha value is -0.0800. The van der Waals surface area contributed by atoms with E-state index in [1.807, 2.05) is 0 Å². The van der Waals surface area contributed by atoms with Crippen LogP contribution < -0.4 is 0 Å². The van der Waals surface area contributed by atoms with E-state index in [4.69, 9.17) is 4.74 Å². The number of morpholine rings is 1. The molecule has 2 nitrogen and oxygen atoms in total. The van der Waals surface area contributed by atoms with Crippen molar-refractivity contribution < 1.29 is 4.74 Å². The Balaban J connectivity index is 2.08. The first-order valence-electron chi connectivity index (χ1n) is 5.14. The molecule has 2 heteroatoms.